The third-order valence-electron chi connectivity index (χ3n) is 2.82. The van der Waals surface area contributed by atoms with E-state index in [-0.39, 0.29) is 11.5 Å². The van der Waals surface area contributed by atoms with Gasteiger partial charge in [-0.1, -0.05) is 25.5 Å². The SMILES string of the molecule is CCCCNC(=O)/C(C#N)=C/c1ccc(C(=O)OC)cc1. The van der Waals surface area contributed by atoms with E-state index >= 15 is 0 Å². The summed E-state index contributed by atoms with van der Waals surface area (Å²) in [4.78, 5) is 23.1. The summed E-state index contributed by atoms with van der Waals surface area (Å²) < 4.78 is 4.60. The van der Waals surface area contributed by atoms with Crippen LogP contribution in [0.2, 0.25) is 0 Å². The van der Waals surface area contributed by atoms with E-state index in [0.29, 0.717) is 17.7 Å². The second-order valence-electron chi connectivity index (χ2n) is 4.39. The lowest BCUT2D eigenvalue weighted by Crippen LogP contribution is -2.25. The van der Waals surface area contributed by atoms with Crippen molar-refractivity contribution in [3.63, 3.8) is 0 Å². The summed E-state index contributed by atoms with van der Waals surface area (Å²) in [6, 6.07) is 8.36. The highest BCUT2D eigenvalue weighted by atomic mass is 16.5. The lowest BCUT2D eigenvalue weighted by atomic mass is 10.1. The molecule has 5 heteroatoms. The maximum atomic E-state index is 11.8. The summed E-state index contributed by atoms with van der Waals surface area (Å²) in [5.74, 6) is -0.814. The smallest absolute Gasteiger partial charge is 0.337 e. The van der Waals surface area contributed by atoms with Crippen molar-refractivity contribution in [2.45, 2.75) is 19.8 Å². The summed E-state index contributed by atoms with van der Waals surface area (Å²) in [6.07, 6.45) is 3.33. The Labute approximate surface area is 124 Å². The Balaban J connectivity index is 2.81. The molecule has 0 atom stereocenters. The summed E-state index contributed by atoms with van der Waals surface area (Å²) >= 11 is 0. The van der Waals surface area contributed by atoms with E-state index in [0.717, 1.165) is 12.8 Å². The molecule has 5 nitrogen and oxygen atoms in total. The number of benzene rings is 1. The zero-order chi connectivity index (χ0) is 15.7. The van der Waals surface area contributed by atoms with E-state index in [2.05, 4.69) is 10.1 Å². The van der Waals surface area contributed by atoms with Crippen LogP contribution in [0.3, 0.4) is 0 Å². The largest absolute Gasteiger partial charge is 0.465 e. The van der Waals surface area contributed by atoms with E-state index in [9.17, 15) is 9.59 Å². The molecule has 1 rings (SSSR count). The molecule has 0 aliphatic heterocycles. The number of nitrogens with one attached hydrogen (secondary N) is 1. The number of carbonyl (C=O) groups is 2. The first kappa shape index (κ1) is 16.4. The summed E-state index contributed by atoms with van der Waals surface area (Å²) in [5.41, 5.74) is 1.13. The Bertz CT molecular complexity index is 568. The quantitative estimate of drug-likeness (QED) is 0.376. The van der Waals surface area contributed by atoms with Gasteiger partial charge < -0.3 is 10.1 Å². The van der Waals surface area contributed by atoms with Crippen LogP contribution in [0.25, 0.3) is 6.08 Å². The molecule has 110 valence electrons. The molecule has 1 aromatic carbocycles. The van der Waals surface area contributed by atoms with Crippen LogP contribution in [0.1, 0.15) is 35.7 Å². The molecule has 0 unspecified atom stereocenters. The van der Waals surface area contributed by atoms with Gasteiger partial charge in [-0.05, 0) is 30.2 Å². The standard InChI is InChI=1S/C16H18N2O3/c1-3-4-9-18-15(19)14(11-17)10-12-5-7-13(8-6-12)16(20)21-2/h5-8,10H,3-4,9H2,1-2H3,(H,18,19)/b14-10+. The number of nitriles is 1. The number of amides is 1. The Morgan fingerprint density at radius 1 is 1.33 bits per heavy atom. The van der Waals surface area contributed by atoms with Gasteiger partial charge in [-0.3, -0.25) is 4.79 Å². The third-order valence-corrected chi connectivity index (χ3v) is 2.82. The Kier molecular flexibility index (Phi) is 6.69. The van der Waals surface area contributed by atoms with Crippen molar-refractivity contribution >= 4 is 18.0 Å². The summed E-state index contributed by atoms with van der Waals surface area (Å²) in [7, 11) is 1.31. The molecule has 1 N–H and O–H groups in total. The molecule has 0 aliphatic rings. The van der Waals surface area contributed by atoms with Gasteiger partial charge in [0.2, 0.25) is 0 Å². The lowest BCUT2D eigenvalue weighted by molar-refractivity contribution is -0.117. The number of carbonyl (C=O) groups excluding carboxylic acids is 2. The highest BCUT2D eigenvalue weighted by molar-refractivity contribution is 6.01. The highest BCUT2D eigenvalue weighted by Crippen LogP contribution is 2.10. The van der Waals surface area contributed by atoms with Gasteiger partial charge in [-0.15, -0.1) is 0 Å². The van der Waals surface area contributed by atoms with Crippen LogP contribution < -0.4 is 5.32 Å². The van der Waals surface area contributed by atoms with Crippen LogP contribution in [-0.2, 0) is 9.53 Å². The molecule has 0 aromatic heterocycles. The third kappa shape index (κ3) is 5.11. The number of nitrogens with zero attached hydrogens (tertiary/aromatic N) is 1. The van der Waals surface area contributed by atoms with Crippen molar-refractivity contribution in [1.82, 2.24) is 5.32 Å². The van der Waals surface area contributed by atoms with Gasteiger partial charge in [-0.25, -0.2) is 4.79 Å². The average Bonchev–Trinajstić information content (AvgIpc) is 2.52. The topological polar surface area (TPSA) is 79.2 Å². The van der Waals surface area contributed by atoms with Gasteiger partial charge in [0.1, 0.15) is 11.6 Å². The molecule has 0 bridgehead atoms. The van der Waals surface area contributed by atoms with Crippen LogP contribution in [0, 0.1) is 11.3 Å². The van der Waals surface area contributed by atoms with Crippen LogP contribution in [0.4, 0.5) is 0 Å². The first-order valence-electron chi connectivity index (χ1n) is 6.70. The normalized spacial score (nSPS) is 10.6. The van der Waals surface area contributed by atoms with Crippen LogP contribution in [-0.4, -0.2) is 25.5 Å². The Morgan fingerprint density at radius 2 is 2.00 bits per heavy atom. The maximum absolute atomic E-state index is 11.8. The maximum Gasteiger partial charge on any atom is 0.337 e. The van der Waals surface area contributed by atoms with Crippen LogP contribution >= 0.6 is 0 Å². The zero-order valence-electron chi connectivity index (χ0n) is 12.2. The number of methoxy groups -OCH3 is 1. The predicted octanol–water partition coefficient (Wildman–Crippen LogP) is 2.30. The molecule has 0 radical (unpaired) electrons. The van der Waals surface area contributed by atoms with Gasteiger partial charge in [-0.2, -0.15) is 5.26 Å². The zero-order valence-corrected chi connectivity index (χ0v) is 12.2. The van der Waals surface area contributed by atoms with Crippen molar-refractivity contribution in [2.75, 3.05) is 13.7 Å². The lowest BCUT2D eigenvalue weighted by Gasteiger charge is -2.03. The van der Waals surface area contributed by atoms with Crippen LogP contribution in [0.5, 0.6) is 0 Å². The van der Waals surface area contributed by atoms with Crippen molar-refractivity contribution < 1.29 is 14.3 Å². The second-order valence-corrected chi connectivity index (χ2v) is 4.39. The summed E-state index contributed by atoms with van der Waals surface area (Å²) in [5, 5.41) is 11.7. The average molecular weight is 286 g/mol. The molecule has 0 saturated carbocycles. The molecule has 0 saturated heterocycles. The number of unbranched alkanes of at least 4 members (excludes halogenated alkanes) is 1. The fourth-order valence-electron chi connectivity index (χ4n) is 1.62. The van der Waals surface area contributed by atoms with Crippen molar-refractivity contribution in [2.24, 2.45) is 0 Å². The number of hydrogen-bond acceptors (Lipinski definition) is 4. The van der Waals surface area contributed by atoms with E-state index in [1.165, 1.54) is 13.2 Å². The van der Waals surface area contributed by atoms with Crippen molar-refractivity contribution in [3.8, 4) is 6.07 Å². The minimum absolute atomic E-state index is 0.0388. The van der Waals surface area contributed by atoms with E-state index < -0.39 is 5.97 Å². The number of ether oxygens (including phenoxy) is 1. The molecule has 0 aliphatic carbocycles. The molecule has 0 spiro atoms. The summed E-state index contributed by atoms with van der Waals surface area (Å²) in [6.45, 7) is 2.58. The molecule has 1 aromatic rings. The predicted molar refractivity (Wildman–Crippen MR) is 79.3 cm³/mol. The van der Waals surface area contributed by atoms with Gasteiger partial charge in [0.25, 0.3) is 5.91 Å². The Morgan fingerprint density at radius 3 is 2.52 bits per heavy atom. The first-order chi connectivity index (χ1) is 10.1. The van der Waals surface area contributed by atoms with Crippen molar-refractivity contribution in [1.29, 1.82) is 5.26 Å². The minimum Gasteiger partial charge on any atom is -0.465 e. The number of rotatable bonds is 6. The first-order valence-corrected chi connectivity index (χ1v) is 6.70. The van der Waals surface area contributed by atoms with E-state index in [4.69, 9.17) is 5.26 Å². The molecule has 21 heavy (non-hydrogen) atoms. The molecular weight excluding hydrogens is 268 g/mol. The van der Waals surface area contributed by atoms with Gasteiger partial charge in [0.15, 0.2) is 0 Å². The van der Waals surface area contributed by atoms with Gasteiger partial charge >= 0.3 is 5.97 Å². The molecule has 1 amide bonds. The molecular formula is C16H18N2O3. The highest BCUT2D eigenvalue weighted by Gasteiger charge is 2.09. The van der Waals surface area contributed by atoms with E-state index in [1.807, 2.05) is 13.0 Å². The molecule has 0 fully saturated rings. The monoisotopic (exact) mass is 286 g/mol. The number of esters is 1. The minimum atomic E-state index is -0.427. The molecule has 0 heterocycles. The fourth-order valence-corrected chi connectivity index (χ4v) is 1.62. The van der Waals surface area contributed by atoms with Gasteiger partial charge in [0.05, 0.1) is 12.7 Å². The van der Waals surface area contributed by atoms with E-state index in [1.54, 1.807) is 24.3 Å². The Hall–Kier alpha value is -2.61. The van der Waals surface area contributed by atoms with Gasteiger partial charge in [0, 0.05) is 6.54 Å². The number of hydrogen-bond donors (Lipinski definition) is 1. The van der Waals surface area contributed by atoms with Crippen molar-refractivity contribution in [3.05, 3.63) is 41.0 Å². The second kappa shape index (κ2) is 8.54. The fraction of sp³-hybridized carbons (Fsp3) is 0.312. The van der Waals surface area contributed by atoms with Crippen LogP contribution in [0.15, 0.2) is 29.8 Å².